The lowest BCUT2D eigenvalue weighted by atomic mass is 9.76. The Morgan fingerprint density at radius 1 is 1.33 bits per heavy atom. The molecule has 2 N–H and O–H groups in total. The van der Waals surface area contributed by atoms with Crippen LogP contribution in [0.15, 0.2) is 16.3 Å². The van der Waals surface area contributed by atoms with E-state index in [-0.39, 0.29) is 10.4 Å². The number of piperidine rings is 1. The molecule has 0 radical (unpaired) electrons. The van der Waals surface area contributed by atoms with Crippen LogP contribution < -0.4 is 5.73 Å². The summed E-state index contributed by atoms with van der Waals surface area (Å²) in [4.78, 5) is 0.890. The normalized spacial score (nSPS) is 18.8. The van der Waals surface area contributed by atoms with Crippen LogP contribution in [0.5, 0.6) is 0 Å². The fourth-order valence-corrected chi connectivity index (χ4v) is 5.66. The minimum absolute atomic E-state index is 0.234. The number of hydrogen-bond donors (Lipinski definition) is 1. The van der Waals surface area contributed by atoms with Gasteiger partial charge in [-0.25, -0.2) is 8.42 Å². The molecule has 0 aliphatic carbocycles. The molecule has 2 heterocycles. The Kier molecular flexibility index (Phi) is 4.78. The van der Waals surface area contributed by atoms with Gasteiger partial charge < -0.3 is 5.73 Å². The summed E-state index contributed by atoms with van der Waals surface area (Å²) in [6, 6.07) is 3.28. The average Bonchev–Trinajstić information content (AvgIpc) is 2.88. The minimum atomic E-state index is -3.41. The van der Waals surface area contributed by atoms with E-state index in [1.54, 1.807) is 16.4 Å². The first kappa shape index (κ1) is 16.9. The first-order chi connectivity index (χ1) is 9.62. The zero-order valence-electron chi connectivity index (χ0n) is 12.6. The molecule has 0 bridgehead atoms. The van der Waals surface area contributed by atoms with Gasteiger partial charge in [0.05, 0.1) is 4.88 Å². The molecule has 1 fully saturated rings. The highest BCUT2D eigenvalue weighted by Crippen LogP contribution is 2.36. The summed E-state index contributed by atoms with van der Waals surface area (Å²) in [6.45, 7) is 7.83. The molecule has 1 aromatic rings. The predicted octanol–water partition coefficient (Wildman–Crippen LogP) is 2.83. The van der Waals surface area contributed by atoms with E-state index in [2.05, 4.69) is 20.8 Å². The van der Waals surface area contributed by atoms with E-state index in [4.69, 9.17) is 18.0 Å². The Morgan fingerprint density at radius 3 is 2.33 bits per heavy atom. The van der Waals surface area contributed by atoms with E-state index in [0.717, 1.165) is 24.2 Å². The Balaban J connectivity index is 2.13. The summed E-state index contributed by atoms with van der Waals surface area (Å²) in [5, 5.41) is 0. The fraction of sp³-hybridized carbons (Fsp3) is 0.643. The van der Waals surface area contributed by atoms with Crippen LogP contribution in [-0.2, 0) is 10.0 Å². The number of nitrogens with two attached hydrogens (primary N) is 1. The van der Waals surface area contributed by atoms with E-state index in [9.17, 15) is 8.42 Å². The van der Waals surface area contributed by atoms with Crippen LogP contribution in [0.1, 0.15) is 38.5 Å². The van der Waals surface area contributed by atoms with E-state index < -0.39 is 10.0 Å². The third-order valence-corrected chi connectivity index (χ3v) is 7.93. The lowest BCUT2D eigenvalue weighted by Gasteiger charge is -2.38. The molecule has 0 atom stereocenters. The number of thiocarbonyl (C=S) groups is 1. The van der Waals surface area contributed by atoms with Crippen molar-refractivity contribution < 1.29 is 8.42 Å². The van der Waals surface area contributed by atoms with Crippen LogP contribution in [0.3, 0.4) is 0 Å². The molecule has 2 rings (SSSR count). The molecule has 0 saturated carbocycles. The highest BCUT2D eigenvalue weighted by Gasteiger charge is 2.34. The van der Waals surface area contributed by atoms with E-state index in [1.807, 2.05) is 0 Å². The molecule has 118 valence electrons. The number of rotatable bonds is 3. The molecular formula is C14H22N2O2S3. The molecule has 1 aliphatic rings. The van der Waals surface area contributed by atoms with Gasteiger partial charge in [0.1, 0.15) is 9.20 Å². The average molecular weight is 347 g/mol. The molecule has 21 heavy (non-hydrogen) atoms. The summed E-state index contributed by atoms with van der Waals surface area (Å²) in [5.74, 6) is 0.569. The Bertz CT molecular complexity index is 621. The first-order valence-electron chi connectivity index (χ1n) is 7.02. The van der Waals surface area contributed by atoms with Crippen LogP contribution in [0.2, 0.25) is 0 Å². The summed E-state index contributed by atoms with van der Waals surface area (Å²) in [6.07, 6.45) is 1.83. The lowest BCUT2D eigenvalue weighted by molar-refractivity contribution is 0.154. The van der Waals surface area contributed by atoms with E-state index in [0.29, 0.717) is 28.1 Å². The van der Waals surface area contributed by atoms with Gasteiger partial charge in [0.25, 0.3) is 10.0 Å². The van der Waals surface area contributed by atoms with E-state index in [1.165, 1.54) is 0 Å². The van der Waals surface area contributed by atoms with Crippen molar-refractivity contribution in [3.05, 3.63) is 17.0 Å². The molecule has 0 aromatic carbocycles. The van der Waals surface area contributed by atoms with Crippen LogP contribution in [0.25, 0.3) is 0 Å². The Hall–Kier alpha value is -0.500. The van der Waals surface area contributed by atoms with Crippen molar-refractivity contribution in [1.82, 2.24) is 4.31 Å². The largest absolute Gasteiger partial charge is 0.389 e. The molecule has 1 saturated heterocycles. The number of nitrogens with zero attached hydrogens (tertiary/aromatic N) is 1. The topological polar surface area (TPSA) is 63.4 Å². The van der Waals surface area contributed by atoms with Crippen LogP contribution in [0.4, 0.5) is 0 Å². The van der Waals surface area contributed by atoms with Crippen LogP contribution >= 0.6 is 23.6 Å². The Labute approximate surface area is 136 Å². The van der Waals surface area contributed by atoms with Crippen molar-refractivity contribution in [2.45, 2.75) is 37.8 Å². The van der Waals surface area contributed by atoms with Crippen molar-refractivity contribution in [3.63, 3.8) is 0 Å². The minimum Gasteiger partial charge on any atom is -0.389 e. The van der Waals surface area contributed by atoms with Gasteiger partial charge in [-0.2, -0.15) is 4.31 Å². The zero-order valence-corrected chi connectivity index (χ0v) is 15.1. The third-order valence-electron chi connectivity index (χ3n) is 4.10. The molecule has 1 aromatic heterocycles. The van der Waals surface area contributed by atoms with Crippen molar-refractivity contribution >= 4 is 38.6 Å². The SMILES string of the molecule is CC(C)(C)C1CCN(S(=O)(=O)c2ccc(C(N)=S)s2)CC1. The standard InChI is InChI=1S/C14H22N2O2S3/c1-14(2,3)10-6-8-16(9-7-10)21(17,18)12-5-4-11(20-12)13(15)19/h4-5,10H,6-9H2,1-3H3,(H2,15,19). The van der Waals surface area contributed by atoms with Crippen molar-refractivity contribution in [2.75, 3.05) is 13.1 Å². The van der Waals surface area contributed by atoms with Crippen molar-refractivity contribution in [2.24, 2.45) is 17.1 Å². The van der Waals surface area contributed by atoms with Crippen molar-refractivity contribution in [3.8, 4) is 0 Å². The van der Waals surface area contributed by atoms with Gasteiger partial charge in [0.15, 0.2) is 0 Å². The maximum atomic E-state index is 12.6. The van der Waals surface area contributed by atoms with Gasteiger partial charge in [0, 0.05) is 13.1 Å². The lowest BCUT2D eigenvalue weighted by Crippen LogP contribution is -2.41. The molecule has 7 heteroatoms. The van der Waals surface area contributed by atoms with Gasteiger partial charge in [-0.1, -0.05) is 33.0 Å². The summed E-state index contributed by atoms with van der Waals surface area (Å²) in [7, 11) is -3.41. The van der Waals surface area contributed by atoms with Gasteiger partial charge in [-0.15, -0.1) is 11.3 Å². The van der Waals surface area contributed by atoms with E-state index >= 15 is 0 Å². The maximum Gasteiger partial charge on any atom is 0.252 e. The monoisotopic (exact) mass is 346 g/mol. The summed E-state index contributed by atoms with van der Waals surface area (Å²) in [5.41, 5.74) is 5.78. The zero-order chi connectivity index (χ0) is 15.8. The predicted molar refractivity (Wildman–Crippen MR) is 91.1 cm³/mol. The quantitative estimate of drug-likeness (QED) is 0.855. The number of thiophene rings is 1. The number of sulfonamides is 1. The van der Waals surface area contributed by atoms with Gasteiger partial charge >= 0.3 is 0 Å². The van der Waals surface area contributed by atoms with Gasteiger partial charge in [0.2, 0.25) is 0 Å². The van der Waals surface area contributed by atoms with Gasteiger partial charge in [-0.3, -0.25) is 0 Å². The second-order valence-electron chi connectivity index (χ2n) is 6.53. The molecule has 0 unspecified atom stereocenters. The highest BCUT2D eigenvalue weighted by atomic mass is 32.2. The van der Waals surface area contributed by atoms with Gasteiger partial charge in [-0.05, 0) is 36.3 Å². The molecular weight excluding hydrogens is 324 g/mol. The second-order valence-corrected chi connectivity index (χ2v) is 10.2. The highest BCUT2D eigenvalue weighted by molar-refractivity contribution is 7.91. The maximum absolute atomic E-state index is 12.6. The summed E-state index contributed by atoms with van der Waals surface area (Å²) >= 11 is 6.04. The smallest absolute Gasteiger partial charge is 0.252 e. The summed E-state index contributed by atoms with van der Waals surface area (Å²) < 4.78 is 27.2. The molecule has 0 amide bonds. The molecule has 1 aliphatic heterocycles. The molecule has 4 nitrogen and oxygen atoms in total. The fourth-order valence-electron chi connectivity index (χ4n) is 2.68. The van der Waals surface area contributed by atoms with Crippen molar-refractivity contribution in [1.29, 1.82) is 0 Å². The third kappa shape index (κ3) is 3.64. The van der Waals surface area contributed by atoms with Crippen LogP contribution in [-0.4, -0.2) is 30.8 Å². The molecule has 0 spiro atoms. The Morgan fingerprint density at radius 2 is 1.90 bits per heavy atom. The number of hydrogen-bond acceptors (Lipinski definition) is 4. The van der Waals surface area contributed by atoms with Crippen LogP contribution in [0, 0.1) is 11.3 Å². The second kappa shape index (κ2) is 5.95. The first-order valence-corrected chi connectivity index (χ1v) is 9.68.